The van der Waals surface area contributed by atoms with Gasteiger partial charge >= 0.3 is 5.97 Å². The summed E-state index contributed by atoms with van der Waals surface area (Å²) in [5.41, 5.74) is -0.527. The van der Waals surface area contributed by atoms with Gasteiger partial charge in [0.25, 0.3) is 5.56 Å². The van der Waals surface area contributed by atoms with Crippen LogP contribution in [0, 0.1) is 0 Å². The van der Waals surface area contributed by atoms with Crippen molar-refractivity contribution in [2.75, 3.05) is 32.9 Å². The summed E-state index contributed by atoms with van der Waals surface area (Å²) in [4.78, 5) is 36.8. The number of carboxylic acid groups (broad SMARTS) is 1. The number of hydrogen-bond donors (Lipinski definition) is 1. The van der Waals surface area contributed by atoms with Crippen LogP contribution in [0.3, 0.4) is 0 Å². The Morgan fingerprint density at radius 2 is 2.09 bits per heavy atom. The fraction of sp³-hybridized carbons (Fsp3) is 0.533. The molecular formula is C15H20N2O6. The van der Waals surface area contributed by atoms with Gasteiger partial charge in [0.15, 0.2) is 5.75 Å². The van der Waals surface area contributed by atoms with Gasteiger partial charge in [-0.2, -0.15) is 0 Å². The van der Waals surface area contributed by atoms with Gasteiger partial charge in [0, 0.05) is 19.3 Å². The number of carbonyl (C=O) groups is 2. The number of carbonyl (C=O) groups excluding carboxylic acids is 1. The SMILES string of the molecule is CC(C(=O)O)n1cccc(OCCC(=O)N2CCOCC2)c1=O. The molecule has 1 aliphatic rings. The first-order valence-corrected chi connectivity index (χ1v) is 7.43. The molecular weight excluding hydrogens is 304 g/mol. The van der Waals surface area contributed by atoms with Gasteiger partial charge in [-0.3, -0.25) is 14.2 Å². The maximum absolute atomic E-state index is 12.2. The van der Waals surface area contributed by atoms with Crippen LogP contribution in [-0.2, 0) is 14.3 Å². The number of morpholine rings is 1. The van der Waals surface area contributed by atoms with E-state index in [1.807, 2.05) is 0 Å². The molecule has 0 radical (unpaired) electrons. The minimum Gasteiger partial charge on any atom is -0.487 e. The van der Waals surface area contributed by atoms with Crippen LogP contribution in [0.4, 0.5) is 0 Å². The van der Waals surface area contributed by atoms with Crippen molar-refractivity contribution < 1.29 is 24.2 Å². The standard InChI is InChI=1S/C15H20N2O6/c1-11(15(20)21)17-5-2-3-12(14(17)19)23-8-4-13(18)16-6-9-22-10-7-16/h2-3,5,11H,4,6-10H2,1H3,(H,20,21). The van der Waals surface area contributed by atoms with Crippen molar-refractivity contribution in [1.82, 2.24) is 9.47 Å². The quantitative estimate of drug-likeness (QED) is 0.798. The van der Waals surface area contributed by atoms with E-state index in [0.29, 0.717) is 26.3 Å². The molecule has 2 heterocycles. The molecule has 8 heteroatoms. The summed E-state index contributed by atoms with van der Waals surface area (Å²) in [6, 6.07) is 2.02. The van der Waals surface area contributed by atoms with Gasteiger partial charge in [-0.1, -0.05) is 0 Å². The number of ether oxygens (including phenoxy) is 2. The van der Waals surface area contributed by atoms with Crippen molar-refractivity contribution in [3.63, 3.8) is 0 Å². The zero-order valence-corrected chi connectivity index (χ0v) is 12.9. The molecule has 1 saturated heterocycles. The summed E-state index contributed by atoms with van der Waals surface area (Å²) in [6.45, 7) is 3.67. The molecule has 1 amide bonds. The molecule has 126 valence electrons. The number of aromatic nitrogens is 1. The van der Waals surface area contributed by atoms with Crippen LogP contribution < -0.4 is 10.3 Å². The monoisotopic (exact) mass is 324 g/mol. The van der Waals surface area contributed by atoms with Gasteiger partial charge < -0.3 is 19.5 Å². The van der Waals surface area contributed by atoms with Crippen LogP contribution >= 0.6 is 0 Å². The van der Waals surface area contributed by atoms with Crippen molar-refractivity contribution in [2.45, 2.75) is 19.4 Å². The average Bonchev–Trinajstić information content (AvgIpc) is 2.56. The van der Waals surface area contributed by atoms with Crippen LogP contribution in [-0.4, -0.2) is 59.4 Å². The van der Waals surface area contributed by atoms with Crippen molar-refractivity contribution >= 4 is 11.9 Å². The minimum atomic E-state index is -1.10. The average molecular weight is 324 g/mol. The summed E-state index contributed by atoms with van der Waals surface area (Å²) < 4.78 is 11.6. The minimum absolute atomic E-state index is 0.0374. The Balaban J connectivity index is 1.93. The second-order valence-corrected chi connectivity index (χ2v) is 5.19. The first-order valence-electron chi connectivity index (χ1n) is 7.43. The van der Waals surface area contributed by atoms with E-state index in [4.69, 9.17) is 14.6 Å². The third kappa shape index (κ3) is 4.32. The van der Waals surface area contributed by atoms with Crippen LogP contribution in [0.15, 0.2) is 23.1 Å². The van der Waals surface area contributed by atoms with Crippen LogP contribution in [0.2, 0.25) is 0 Å². The highest BCUT2D eigenvalue weighted by Crippen LogP contribution is 2.08. The lowest BCUT2D eigenvalue weighted by Gasteiger charge is -2.26. The third-order valence-corrected chi connectivity index (χ3v) is 3.65. The fourth-order valence-electron chi connectivity index (χ4n) is 2.24. The maximum Gasteiger partial charge on any atom is 0.326 e. The zero-order chi connectivity index (χ0) is 16.8. The summed E-state index contributed by atoms with van der Waals surface area (Å²) in [5, 5.41) is 8.98. The van der Waals surface area contributed by atoms with E-state index in [0.717, 1.165) is 4.57 Å². The van der Waals surface area contributed by atoms with Gasteiger partial charge in [0.2, 0.25) is 5.91 Å². The van der Waals surface area contributed by atoms with Crippen molar-refractivity contribution in [1.29, 1.82) is 0 Å². The first kappa shape index (κ1) is 17.0. The van der Waals surface area contributed by atoms with Crippen LogP contribution in [0.1, 0.15) is 19.4 Å². The van der Waals surface area contributed by atoms with Crippen LogP contribution in [0.25, 0.3) is 0 Å². The largest absolute Gasteiger partial charge is 0.487 e. The van der Waals surface area contributed by atoms with Gasteiger partial charge in [-0.15, -0.1) is 0 Å². The van der Waals surface area contributed by atoms with Gasteiger partial charge in [-0.25, -0.2) is 4.79 Å². The number of hydrogen-bond acceptors (Lipinski definition) is 5. The molecule has 1 aromatic heterocycles. The Hall–Kier alpha value is -2.35. The Labute approximate surface area is 133 Å². The lowest BCUT2D eigenvalue weighted by Crippen LogP contribution is -2.41. The normalized spacial score (nSPS) is 16.0. The Morgan fingerprint density at radius 3 is 2.74 bits per heavy atom. The second kappa shape index (κ2) is 7.77. The second-order valence-electron chi connectivity index (χ2n) is 5.19. The fourth-order valence-corrected chi connectivity index (χ4v) is 2.24. The summed E-state index contributed by atoms with van der Waals surface area (Å²) in [7, 11) is 0. The van der Waals surface area contributed by atoms with Crippen molar-refractivity contribution in [3.05, 3.63) is 28.7 Å². The topological polar surface area (TPSA) is 98.1 Å². The molecule has 2 rings (SSSR count). The van der Waals surface area contributed by atoms with E-state index in [1.165, 1.54) is 19.2 Å². The van der Waals surface area contributed by atoms with E-state index >= 15 is 0 Å². The molecule has 1 unspecified atom stereocenters. The molecule has 1 aliphatic heterocycles. The summed E-state index contributed by atoms with van der Waals surface area (Å²) >= 11 is 0. The van der Waals surface area contributed by atoms with Crippen molar-refractivity contribution in [3.8, 4) is 5.75 Å². The molecule has 1 N–H and O–H groups in total. The molecule has 8 nitrogen and oxygen atoms in total. The number of pyridine rings is 1. The molecule has 1 aromatic rings. The maximum atomic E-state index is 12.2. The first-order chi connectivity index (χ1) is 11.0. The highest BCUT2D eigenvalue weighted by Gasteiger charge is 2.18. The predicted octanol–water partition coefficient (Wildman–Crippen LogP) is 0.122. The molecule has 1 fully saturated rings. The van der Waals surface area contributed by atoms with Gasteiger partial charge in [0.1, 0.15) is 6.04 Å². The highest BCUT2D eigenvalue weighted by molar-refractivity contribution is 5.76. The highest BCUT2D eigenvalue weighted by atomic mass is 16.5. The Morgan fingerprint density at radius 1 is 1.39 bits per heavy atom. The summed E-state index contributed by atoms with van der Waals surface area (Å²) in [5.74, 6) is -1.12. The summed E-state index contributed by atoms with van der Waals surface area (Å²) in [6.07, 6.45) is 1.55. The van der Waals surface area contributed by atoms with E-state index in [1.54, 1.807) is 11.0 Å². The van der Waals surface area contributed by atoms with E-state index in [2.05, 4.69) is 0 Å². The lowest BCUT2D eigenvalue weighted by atomic mass is 10.3. The molecule has 0 bridgehead atoms. The molecule has 1 atom stereocenters. The Kier molecular flexibility index (Phi) is 5.75. The van der Waals surface area contributed by atoms with Crippen LogP contribution in [0.5, 0.6) is 5.75 Å². The number of carboxylic acids is 1. The number of amides is 1. The van der Waals surface area contributed by atoms with E-state index in [9.17, 15) is 14.4 Å². The number of aliphatic carboxylic acids is 1. The van der Waals surface area contributed by atoms with E-state index in [-0.39, 0.29) is 24.7 Å². The molecule has 0 aliphatic carbocycles. The molecule has 23 heavy (non-hydrogen) atoms. The van der Waals surface area contributed by atoms with Gasteiger partial charge in [0.05, 0.1) is 26.2 Å². The van der Waals surface area contributed by atoms with E-state index < -0.39 is 17.6 Å². The predicted molar refractivity (Wildman–Crippen MR) is 80.6 cm³/mol. The smallest absolute Gasteiger partial charge is 0.326 e. The van der Waals surface area contributed by atoms with Gasteiger partial charge in [-0.05, 0) is 19.1 Å². The number of nitrogens with zero attached hydrogens (tertiary/aromatic N) is 2. The number of rotatable bonds is 6. The zero-order valence-electron chi connectivity index (χ0n) is 12.9. The lowest BCUT2D eigenvalue weighted by molar-refractivity contribution is -0.140. The molecule has 0 spiro atoms. The molecule has 0 aromatic carbocycles. The Bertz CT molecular complexity index is 621. The van der Waals surface area contributed by atoms with Crippen molar-refractivity contribution in [2.24, 2.45) is 0 Å². The third-order valence-electron chi connectivity index (χ3n) is 3.65. The molecule has 0 saturated carbocycles.